The van der Waals surface area contributed by atoms with E-state index in [-0.39, 0.29) is 13.0 Å². The molecule has 1 saturated heterocycles. The zero-order valence-corrected chi connectivity index (χ0v) is 10.8. The number of primary amides is 1. The van der Waals surface area contributed by atoms with Crippen molar-refractivity contribution in [2.45, 2.75) is 44.3 Å². The Hall–Kier alpha value is -1.72. The molecule has 1 aliphatic heterocycles. The van der Waals surface area contributed by atoms with Crippen molar-refractivity contribution in [3.63, 3.8) is 0 Å². The smallest absolute Gasteiger partial charge is 0.240 e. The van der Waals surface area contributed by atoms with E-state index in [2.05, 4.69) is 9.97 Å². The summed E-state index contributed by atoms with van der Waals surface area (Å²) < 4.78 is 13.5. The molecule has 102 valence electrons. The van der Waals surface area contributed by atoms with Gasteiger partial charge in [0, 0.05) is 24.1 Å². The van der Waals surface area contributed by atoms with Gasteiger partial charge in [-0.15, -0.1) is 0 Å². The van der Waals surface area contributed by atoms with Crippen molar-refractivity contribution >= 4 is 11.7 Å². The molecule has 6 heteroatoms. The fraction of sp³-hybridized carbons (Fsp3) is 0.615. The molecular formula is C13H17FN4O. The summed E-state index contributed by atoms with van der Waals surface area (Å²) in [6.07, 6.45) is 1.33. The van der Waals surface area contributed by atoms with Gasteiger partial charge < -0.3 is 10.6 Å². The monoisotopic (exact) mass is 264 g/mol. The summed E-state index contributed by atoms with van der Waals surface area (Å²) in [6.45, 7) is 2.06. The van der Waals surface area contributed by atoms with Crippen LogP contribution in [0.4, 0.5) is 10.2 Å². The molecule has 1 aromatic rings. The Bertz CT molecular complexity index is 517. The van der Waals surface area contributed by atoms with E-state index in [1.165, 1.54) is 0 Å². The average Bonchev–Trinajstić information content (AvgIpc) is 3.11. The number of anilines is 1. The van der Waals surface area contributed by atoms with Crippen LogP contribution in [0.3, 0.4) is 0 Å². The first-order valence-electron chi connectivity index (χ1n) is 6.60. The quantitative estimate of drug-likeness (QED) is 0.886. The van der Waals surface area contributed by atoms with Crippen LogP contribution in [0.15, 0.2) is 6.07 Å². The molecule has 0 bridgehead atoms. The molecule has 3 rings (SSSR count). The van der Waals surface area contributed by atoms with Gasteiger partial charge in [0.2, 0.25) is 5.91 Å². The third-order valence-electron chi connectivity index (χ3n) is 3.67. The van der Waals surface area contributed by atoms with Gasteiger partial charge in [0.05, 0.1) is 6.54 Å². The van der Waals surface area contributed by atoms with Crippen LogP contribution in [0.2, 0.25) is 0 Å². The maximum Gasteiger partial charge on any atom is 0.240 e. The second-order valence-corrected chi connectivity index (χ2v) is 5.40. The fourth-order valence-electron chi connectivity index (χ4n) is 2.55. The molecule has 1 aromatic heterocycles. The van der Waals surface area contributed by atoms with Crippen molar-refractivity contribution in [3.8, 4) is 0 Å². The molecule has 1 saturated carbocycles. The normalized spacial score (nSPS) is 26.7. The third-order valence-corrected chi connectivity index (χ3v) is 3.67. The van der Waals surface area contributed by atoms with Gasteiger partial charge in [0.15, 0.2) is 0 Å². The number of nitrogens with zero attached hydrogens (tertiary/aromatic N) is 3. The average molecular weight is 264 g/mol. The highest BCUT2D eigenvalue weighted by atomic mass is 19.1. The maximum absolute atomic E-state index is 13.5. The van der Waals surface area contributed by atoms with Gasteiger partial charge in [0.25, 0.3) is 0 Å². The molecule has 0 aromatic carbocycles. The topological polar surface area (TPSA) is 72.1 Å². The highest BCUT2D eigenvalue weighted by Gasteiger charge is 2.37. The van der Waals surface area contributed by atoms with Crippen molar-refractivity contribution in [3.05, 3.63) is 17.6 Å². The second kappa shape index (κ2) is 4.43. The van der Waals surface area contributed by atoms with Crippen LogP contribution in [0, 0.1) is 6.92 Å². The molecule has 0 spiro atoms. The van der Waals surface area contributed by atoms with Crippen LogP contribution in [0.25, 0.3) is 0 Å². The van der Waals surface area contributed by atoms with Crippen molar-refractivity contribution in [2.24, 2.45) is 5.73 Å². The van der Waals surface area contributed by atoms with Crippen molar-refractivity contribution in [1.29, 1.82) is 0 Å². The van der Waals surface area contributed by atoms with Crippen molar-refractivity contribution in [1.82, 2.24) is 9.97 Å². The molecule has 2 aliphatic rings. The first-order chi connectivity index (χ1) is 9.04. The molecule has 0 radical (unpaired) electrons. The van der Waals surface area contributed by atoms with E-state index in [0.717, 1.165) is 24.4 Å². The van der Waals surface area contributed by atoms with Crippen LogP contribution in [0.5, 0.6) is 0 Å². The van der Waals surface area contributed by atoms with Crippen LogP contribution in [-0.2, 0) is 4.79 Å². The summed E-state index contributed by atoms with van der Waals surface area (Å²) >= 11 is 0. The molecule has 2 N–H and O–H groups in total. The largest absolute Gasteiger partial charge is 0.368 e. The van der Waals surface area contributed by atoms with E-state index in [4.69, 9.17) is 5.73 Å². The Labute approximate surface area is 111 Å². The van der Waals surface area contributed by atoms with Crippen LogP contribution >= 0.6 is 0 Å². The number of halogens is 1. The number of hydrogen-bond donors (Lipinski definition) is 1. The summed E-state index contributed by atoms with van der Waals surface area (Å²) in [5, 5.41) is 0. The van der Waals surface area contributed by atoms with E-state index in [0.29, 0.717) is 11.7 Å². The predicted octanol–water partition coefficient (Wildman–Crippen LogP) is 1.06. The molecule has 1 amide bonds. The van der Waals surface area contributed by atoms with E-state index < -0.39 is 18.1 Å². The second-order valence-electron chi connectivity index (χ2n) is 5.40. The minimum atomic E-state index is -1.03. The van der Waals surface area contributed by atoms with Crippen molar-refractivity contribution < 1.29 is 9.18 Å². The van der Waals surface area contributed by atoms with Gasteiger partial charge in [-0.1, -0.05) is 0 Å². The summed E-state index contributed by atoms with van der Waals surface area (Å²) in [6, 6.07) is 1.19. The Balaban J connectivity index is 1.93. The zero-order valence-electron chi connectivity index (χ0n) is 10.8. The summed E-state index contributed by atoms with van der Waals surface area (Å²) in [4.78, 5) is 22.0. The zero-order chi connectivity index (χ0) is 13.6. The number of carbonyl (C=O) groups is 1. The molecular weight excluding hydrogens is 247 g/mol. The van der Waals surface area contributed by atoms with Crippen molar-refractivity contribution in [2.75, 3.05) is 11.4 Å². The minimum absolute atomic E-state index is 0.150. The highest BCUT2D eigenvalue weighted by molar-refractivity contribution is 5.84. The Morgan fingerprint density at radius 1 is 1.47 bits per heavy atom. The lowest BCUT2D eigenvalue weighted by Crippen LogP contribution is -2.40. The molecule has 5 nitrogen and oxygen atoms in total. The van der Waals surface area contributed by atoms with Crippen LogP contribution in [-0.4, -0.2) is 34.6 Å². The first kappa shape index (κ1) is 12.3. The number of amides is 1. The van der Waals surface area contributed by atoms with Gasteiger partial charge >= 0.3 is 0 Å². The predicted molar refractivity (Wildman–Crippen MR) is 68.6 cm³/mol. The van der Waals surface area contributed by atoms with Crippen LogP contribution in [0.1, 0.15) is 36.7 Å². The standard InChI is InChI=1S/C13H17FN4O/c1-7-4-11(17-13(16-7)8-2-3-8)18-6-9(14)5-10(18)12(15)19/h4,8-10H,2-3,5-6H2,1H3,(H2,15,19)/t9-,10+/m1/s1. The molecule has 2 fully saturated rings. The number of nitrogens with two attached hydrogens (primary N) is 1. The van der Waals surface area contributed by atoms with Gasteiger partial charge in [-0.2, -0.15) is 0 Å². The SMILES string of the molecule is Cc1cc(N2C[C@H](F)C[C@H]2C(N)=O)nc(C2CC2)n1. The number of rotatable bonds is 3. The molecule has 2 atom stereocenters. The van der Waals surface area contributed by atoms with Gasteiger partial charge in [-0.05, 0) is 19.8 Å². The summed E-state index contributed by atoms with van der Waals surface area (Å²) in [7, 11) is 0. The van der Waals surface area contributed by atoms with Crippen LogP contribution < -0.4 is 10.6 Å². The third kappa shape index (κ3) is 2.39. The van der Waals surface area contributed by atoms with Gasteiger partial charge in [-0.3, -0.25) is 4.79 Å². The van der Waals surface area contributed by atoms with E-state index in [1.807, 2.05) is 6.92 Å². The molecule has 1 aliphatic carbocycles. The van der Waals surface area contributed by atoms with E-state index >= 15 is 0 Å². The Kier molecular flexibility index (Phi) is 2.88. The lowest BCUT2D eigenvalue weighted by molar-refractivity contribution is -0.119. The number of alkyl halides is 1. The lowest BCUT2D eigenvalue weighted by atomic mass is 10.2. The number of carbonyl (C=O) groups excluding carboxylic acids is 1. The van der Waals surface area contributed by atoms with E-state index in [9.17, 15) is 9.18 Å². The van der Waals surface area contributed by atoms with E-state index in [1.54, 1.807) is 11.0 Å². The lowest BCUT2D eigenvalue weighted by Gasteiger charge is -2.23. The number of aryl methyl sites for hydroxylation is 1. The Morgan fingerprint density at radius 2 is 2.21 bits per heavy atom. The Morgan fingerprint density at radius 3 is 2.84 bits per heavy atom. The highest BCUT2D eigenvalue weighted by Crippen LogP contribution is 2.39. The van der Waals surface area contributed by atoms with Gasteiger partial charge in [0.1, 0.15) is 23.9 Å². The summed E-state index contributed by atoms with van der Waals surface area (Å²) in [5.41, 5.74) is 6.19. The molecule has 2 heterocycles. The maximum atomic E-state index is 13.5. The first-order valence-corrected chi connectivity index (χ1v) is 6.60. The fourth-order valence-corrected chi connectivity index (χ4v) is 2.55. The minimum Gasteiger partial charge on any atom is -0.368 e. The molecule has 19 heavy (non-hydrogen) atoms. The number of hydrogen-bond acceptors (Lipinski definition) is 4. The molecule has 0 unspecified atom stereocenters. The number of aromatic nitrogens is 2. The summed E-state index contributed by atoms with van der Waals surface area (Å²) in [5.74, 6) is 1.36. The van der Waals surface area contributed by atoms with Gasteiger partial charge in [-0.25, -0.2) is 14.4 Å².